The first-order valence-electron chi connectivity index (χ1n) is 12.4. The Morgan fingerprint density at radius 1 is 1.08 bits per heavy atom. The van der Waals surface area contributed by atoms with E-state index in [1.165, 1.54) is 0 Å². The smallest absolute Gasteiger partial charge is 0.224 e. The van der Waals surface area contributed by atoms with Crippen molar-refractivity contribution >= 4 is 38.9 Å². The van der Waals surface area contributed by atoms with Gasteiger partial charge in [0.1, 0.15) is 0 Å². The van der Waals surface area contributed by atoms with Crippen LogP contribution in [0.25, 0.3) is 0 Å². The molecule has 1 amide bonds. The fourth-order valence-electron chi connectivity index (χ4n) is 4.31. The Labute approximate surface area is 220 Å². The second-order valence-electron chi connectivity index (χ2n) is 10.5. The molecule has 0 atom stereocenters. The molecule has 3 rings (SSSR count). The summed E-state index contributed by atoms with van der Waals surface area (Å²) in [5, 5.41) is 14.7. The number of hydrogen-bond acceptors (Lipinski definition) is 5. The van der Waals surface area contributed by atoms with E-state index in [4.69, 9.17) is 11.6 Å². The largest absolute Gasteiger partial charge is 0.385 e. The molecule has 1 aliphatic rings. The third-order valence-corrected chi connectivity index (χ3v) is 9.17. The number of hydrogen-bond donors (Lipinski definition) is 3. The van der Waals surface area contributed by atoms with Gasteiger partial charge in [0, 0.05) is 42.5 Å². The molecule has 0 aliphatic carbocycles. The van der Waals surface area contributed by atoms with Gasteiger partial charge < -0.3 is 15.3 Å². The molecular formula is C27H38ClN3O4S. The van der Waals surface area contributed by atoms with Crippen molar-refractivity contribution in [3.05, 3.63) is 58.6 Å². The van der Waals surface area contributed by atoms with Crippen LogP contribution in [0.3, 0.4) is 0 Å². The highest BCUT2D eigenvalue weighted by Crippen LogP contribution is 2.36. The Morgan fingerprint density at radius 2 is 1.72 bits per heavy atom. The minimum atomic E-state index is -3.36. The minimum absolute atomic E-state index is 0.0909. The van der Waals surface area contributed by atoms with Crippen LogP contribution < -0.4 is 14.9 Å². The van der Waals surface area contributed by atoms with Gasteiger partial charge in [-0.2, -0.15) is 0 Å². The highest BCUT2D eigenvalue weighted by molar-refractivity contribution is 7.90. The van der Waals surface area contributed by atoms with Crippen molar-refractivity contribution in [1.82, 2.24) is 4.72 Å². The van der Waals surface area contributed by atoms with Crippen LogP contribution in [-0.4, -0.2) is 43.8 Å². The molecule has 7 nitrogen and oxygen atoms in total. The van der Waals surface area contributed by atoms with E-state index in [1.807, 2.05) is 49.4 Å². The maximum absolute atomic E-state index is 12.4. The van der Waals surface area contributed by atoms with Gasteiger partial charge in [-0.05, 0) is 94.8 Å². The van der Waals surface area contributed by atoms with Crippen LogP contribution in [0.4, 0.5) is 11.4 Å². The average molecular weight is 536 g/mol. The van der Waals surface area contributed by atoms with E-state index in [0.717, 1.165) is 35.6 Å². The van der Waals surface area contributed by atoms with Crippen LogP contribution in [0.2, 0.25) is 5.02 Å². The molecule has 0 spiro atoms. The van der Waals surface area contributed by atoms with Crippen LogP contribution >= 0.6 is 11.6 Å². The maximum Gasteiger partial charge on any atom is 0.224 e. The molecule has 2 aromatic carbocycles. The van der Waals surface area contributed by atoms with E-state index in [-0.39, 0.29) is 5.91 Å². The van der Waals surface area contributed by atoms with Crippen molar-refractivity contribution in [1.29, 1.82) is 0 Å². The third-order valence-electron chi connectivity index (χ3n) is 6.72. The average Bonchev–Trinajstić information content (AvgIpc) is 2.79. The molecule has 36 heavy (non-hydrogen) atoms. The van der Waals surface area contributed by atoms with Crippen LogP contribution in [0.15, 0.2) is 42.5 Å². The number of halogens is 1. The molecule has 1 heterocycles. The Hall–Kier alpha value is -2.13. The van der Waals surface area contributed by atoms with Gasteiger partial charge in [0.2, 0.25) is 15.9 Å². The van der Waals surface area contributed by atoms with Gasteiger partial charge in [-0.25, -0.2) is 13.1 Å². The van der Waals surface area contributed by atoms with E-state index in [0.29, 0.717) is 43.7 Å². The lowest BCUT2D eigenvalue weighted by molar-refractivity contribution is -0.116. The molecule has 2 aromatic rings. The number of unbranched alkanes of at least 4 members (excludes halogenated alkanes) is 1. The zero-order valence-electron chi connectivity index (χ0n) is 21.6. The predicted octanol–water partition coefficient (Wildman–Crippen LogP) is 4.96. The van der Waals surface area contributed by atoms with Crippen molar-refractivity contribution in [2.24, 2.45) is 0 Å². The summed E-state index contributed by atoms with van der Waals surface area (Å²) in [6, 6.07) is 13.3. The summed E-state index contributed by atoms with van der Waals surface area (Å²) in [7, 11) is -3.36. The Balaban J connectivity index is 1.47. The van der Waals surface area contributed by atoms with E-state index in [1.54, 1.807) is 20.8 Å². The Bertz CT molecular complexity index is 1150. The maximum atomic E-state index is 12.4. The third kappa shape index (κ3) is 7.22. The lowest BCUT2D eigenvalue weighted by atomic mass is 9.84. The monoisotopic (exact) mass is 535 g/mol. The molecule has 1 saturated heterocycles. The van der Waals surface area contributed by atoms with Gasteiger partial charge >= 0.3 is 0 Å². The Kier molecular flexibility index (Phi) is 9.09. The number of nitrogens with one attached hydrogen (secondary N) is 2. The molecule has 0 aromatic heterocycles. The van der Waals surface area contributed by atoms with Crippen molar-refractivity contribution in [2.75, 3.05) is 29.9 Å². The lowest BCUT2D eigenvalue weighted by Crippen LogP contribution is -2.42. The first kappa shape index (κ1) is 28.4. The van der Waals surface area contributed by atoms with Crippen molar-refractivity contribution < 1.29 is 18.3 Å². The van der Waals surface area contributed by atoms with Crippen molar-refractivity contribution in [2.45, 2.75) is 70.1 Å². The lowest BCUT2D eigenvalue weighted by Gasteiger charge is -2.40. The molecule has 3 N–H and O–H groups in total. The number of rotatable bonds is 9. The number of nitrogens with zero attached hydrogens (tertiary/aromatic N) is 1. The molecule has 0 radical (unpaired) electrons. The standard InChI is InChI=1S/C27H38ClN3O4S/c1-20-19-23(30-25(32)7-5-6-16-29-36(34,35)26(2,3)4)12-13-24(20)31-17-14-27(33,15-18-31)21-8-10-22(28)11-9-21/h8-13,19,29,33H,5-7,14-18H2,1-4H3,(H,30,32). The van der Waals surface area contributed by atoms with Crippen LogP contribution in [-0.2, 0) is 20.4 Å². The van der Waals surface area contributed by atoms with E-state index < -0.39 is 20.4 Å². The molecule has 0 unspecified atom stereocenters. The summed E-state index contributed by atoms with van der Waals surface area (Å²) in [6.45, 7) is 8.76. The van der Waals surface area contributed by atoms with Crippen LogP contribution in [0.5, 0.6) is 0 Å². The van der Waals surface area contributed by atoms with E-state index in [2.05, 4.69) is 14.9 Å². The summed E-state index contributed by atoms with van der Waals surface area (Å²) in [5.74, 6) is -0.0909. The van der Waals surface area contributed by atoms with Gasteiger partial charge in [-0.3, -0.25) is 4.79 Å². The van der Waals surface area contributed by atoms with E-state index >= 15 is 0 Å². The minimum Gasteiger partial charge on any atom is -0.385 e. The van der Waals surface area contributed by atoms with E-state index in [9.17, 15) is 18.3 Å². The van der Waals surface area contributed by atoms with Crippen LogP contribution in [0.1, 0.15) is 64.0 Å². The number of carbonyl (C=O) groups is 1. The fraction of sp³-hybridized carbons (Fsp3) is 0.519. The summed E-state index contributed by atoms with van der Waals surface area (Å²) in [5.41, 5.74) is 2.94. The molecular weight excluding hydrogens is 498 g/mol. The number of amides is 1. The fourth-order valence-corrected chi connectivity index (χ4v) is 5.28. The van der Waals surface area contributed by atoms with Crippen molar-refractivity contribution in [3.63, 3.8) is 0 Å². The number of anilines is 2. The number of aliphatic hydroxyl groups is 1. The number of aryl methyl sites for hydroxylation is 1. The zero-order valence-corrected chi connectivity index (χ0v) is 23.2. The SMILES string of the molecule is Cc1cc(NC(=O)CCCCNS(=O)(=O)C(C)(C)C)ccc1N1CCC(O)(c2ccc(Cl)cc2)CC1. The predicted molar refractivity (Wildman–Crippen MR) is 147 cm³/mol. The highest BCUT2D eigenvalue weighted by atomic mass is 35.5. The van der Waals surface area contributed by atoms with Gasteiger partial charge in [-0.1, -0.05) is 23.7 Å². The van der Waals surface area contributed by atoms with Gasteiger partial charge in [0.25, 0.3) is 0 Å². The molecule has 1 fully saturated rings. The molecule has 198 valence electrons. The molecule has 0 bridgehead atoms. The topological polar surface area (TPSA) is 98.7 Å². The van der Waals surface area contributed by atoms with Crippen molar-refractivity contribution in [3.8, 4) is 0 Å². The van der Waals surface area contributed by atoms with Crippen LogP contribution in [0, 0.1) is 6.92 Å². The second-order valence-corrected chi connectivity index (χ2v) is 13.5. The van der Waals surface area contributed by atoms with Gasteiger partial charge in [-0.15, -0.1) is 0 Å². The Morgan fingerprint density at radius 3 is 2.31 bits per heavy atom. The highest BCUT2D eigenvalue weighted by Gasteiger charge is 2.34. The second kappa shape index (κ2) is 11.5. The summed E-state index contributed by atoms with van der Waals surface area (Å²) in [4.78, 5) is 14.6. The number of sulfonamides is 1. The molecule has 0 saturated carbocycles. The summed E-state index contributed by atoms with van der Waals surface area (Å²) in [6.07, 6.45) is 2.77. The molecule has 9 heteroatoms. The first-order chi connectivity index (χ1) is 16.8. The first-order valence-corrected chi connectivity index (χ1v) is 14.3. The molecule has 1 aliphatic heterocycles. The summed E-state index contributed by atoms with van der Waals surface area (Å²) < 4.78 is 25.9. The number of benzene rings is 2. The zero-order chi connectivity index (χ0) is 26.6. The quantitative estimate of drug-likeness (QED) is 0.394. The number of carbonyl (C=O) groups excluding carboxylic acids is 1. The van der Waals surface area contributed by atoms with Gasteiger partial charge in [0.15, 0.2) is 0 Å². The van der Waals surface area contributed by atoms with Gasteiger partial charge in [0.05, 0.1) is 10.3 Å². The normalized spacial score (nSPS) is 16.1. The summed E-state index contributed by atoms with van der Waals surface area (Å²) >= 11 is 5.99. The number of piperidine rings is 1.